The smallest absolute Gasteiger partial charge is 0.251 e. The molecule has 0 bridgehead atoms. The Morgan fingerprint density at radius 2 is 2.00 bits per heavy atom. The fourth-order valence-electron chi connectivity index (χ4n) is 1.84. The van der Waals surface area contributed by atoms with Crippen LogP contribution in [0.5, 0.6) is 0 Å². The van der Waals surface area contributed by atoms with E-state index in [1.54, 1.807) is 32.0 Å². The van der Waals surface area contributed by atoms with Gasteiger partial charge in [0.1, 0.15) is 0 Å². The summed E-state index contributed by atoms with van der Waals surface area (Å²) < 4.78 is 0. The Morgan fingerprint density at radius 1 is 1.29 bits per heavy atom. The molecule has 0 aliphatic carbocycles. The quantitative estimate of drug-likeness (QED) is 0.749. The van der Waals surface area contributed by atoms with E-state index in [0.29, 0.717) is 28.4 Å². The largest absolute Gasteiger partial charge is 0.326 e. The molecule has 0 radical (unpaired) electrons. The van der Waals surface area contributed by atoms with E-state index < -0.39 is 0 Å². The minimum absolute atomic E-state index is 0.0894. The van der Waals surface area contributed by atoms with Crippen LogP contribution in [0.15, 0.2) is 29.3 Å². The molecular weight excluding hydrogens is 290 g/mol. The monoisotopic (exact) mass is 307 g/mol. The maximum absolute atomic E-state index is 12.1. The van der Waals surface area contributed by atoms with Gasteiger partial charge in [0.2, 0.25) is 5.91 Å². The van der Waals surface area contributed by atoms with Crippen LogP contribution in [-0.2, 0) is 9.59 Å². The van der Waals surface area contributed by atoms with Gasteiger partial charge < -0.3 is 16.0 Å². The van der Waals surface area contributed by atoms with Crippen LogP contribution >= 0.6 is 11.6 Å². The average Bonchev–Trinajstić information content (AvgIpc) is 2.40. The molecule has 3 N–H and O–H groups in total. The molecule has 112 valence electrons. The summed E-state index contributed by atoms with van der Waals surface area (Å²) in [5.74, 6) is -0.263. The molecule has 1 aliphatic heterocycles. The van der Waals surface area contributed by atoms with Gasteiger partial charge in [0.05, 0.1) is 10.7 Å². The highest BCUT2D eigenvalue weighted by Crippen LogP contribution is 2.26. The van der Waals surface area contributed by atoms with Crippen molar-refractivity contribution in [3.8, 4) is 0 Å². The van der Waals surface area contributed by atoms with E-state index in [1.165, 1.54) is 0 Å². The molecule has 0 saturated carbocycles. The van der Waals surface area contributed by atoms with Crippen molar-refractivity contribution in [1.82, 2.24) is 5.32 Å². The van der Waals surface area contributed by atoms with E-state index in [9.17, 15) is 9.59 Å². The number of hydrogen-bond acceptors (Lipinski definition) is 3. The topological polar surface area (TPSA) is 70.2 Å². The van der Waals surface area contributed by atoms with Crippen LogP contribution in [-0.4, -0.2) is 24.9 Å². The molecule has 1 heterocycles. The molecule has 0 spiro atoms. The summed E-state index contributed by atoms with van der Waals surface area (Å²) in [6.45, 7) is 5.07. The molecule has 0 unspecified atom stereocenters. The molecule has 0 atom stereocenters. The lowest BCUT2D eigenvalue weighted by Gasteiger charge is -2.21. The second-order valence-electron chi connectivity index (χ2n) is 4.88. The van der Waals surface area contributed by atoms with Gasteiger partial charge in [0, 0.05) is 30.8 Å². The molecule has 6 heteroatoms. The lowest BCUT2D eigenvalue weighted by Crippen LogP contribution is -2.36. The highest BCUT2D eigenvalue weighted by molar-refractivity contribution is 6.34. The van der Waals surface area contributed by atoms with Crippen molar-refractivity contribution in [3.05, 3.63) is 34.4 Å². The van der Waals surface area contributed by atoms with Crippen molar-refractivity contribution < 1.29 is 9.59 Å². The van der Waals surface area contributed by atoms with E-state index >= 15 is 0 Å². The maximum atomic E-state index is 12.1. The van der Waals surface area contributed by atoms with Crippen LogP contribution in [0.4, 0.5) is 11.4 Å². The predicted octanol–water partition coefficient (Wildman–Crippen LogP) is 2.55. The van der Waals surface area contributed by atoms with Crippen molar-refractivity contribution >= 4 is 34.8 Å². The van der Waals surface area contributed by atoms with Gasteiger partial charge in [-0.05, 0) is 30.7 Å². The third-order valence-corrected chi connectivity index (χ3v) is 3.70. The number of amides is 2. The molecule has 2 rings (SSSR count). The fraction of sp³-hybridized carbons (Fsp3) is 0.333. The zero-order chi connectivity index (χ0) is 15.4. The van der Waals surface area contributed by atoms with Gasteiger partial charge in [-0.15, -0.1) is 0 Å². The average molecular weight is 308 g/mol. The Hall–Kier alpha value is -1.85. The second kappa shape index (κ2) is 6.74. The number of benzene rings is 1. The fourth-order valence-corrected chi connectivity index (χ4v) is 2.00. The van der Waals surface area contributed by atoms with Crippen molar-refractivity contribution in [2.45, 2.75) is 20.3 Å². The standard InChI is InChI=1S/C15H18ClN3O2/c1-3-14(20)18-11-4-5-12(16)13(6-11)19-15(21)9(2)10-7-17-8-10/h4-6,17H,3,7-8H2,1-2H3,(H,18,20)(H,19,21). The van der Waals surface area contributed by atoms with Crippen LogP contribution in [0.3, 0.4) is 0 Å². The molecular formula is C15H18ClN3O2. The van der Waals surface area contributed by atoms with Crippen LogP contribution < -0.4 is 16.0 Å². The third-order valence-electron chi connectivity index (χ3n) is 3.37. The summed E-state index contributed by atoms with van der Waals surface area (Å²) in [4.78, 5) is 23.5. The molecule has 1 aromatic carbocycles. The molecule has 0 aromatic heterocycles. The Labute approximate surface area is 128 Å². The Morgan fingerprint density at radius 3 is 2.57 bits per heavy atom. The Balaban J connectivity index is 2.13. The molecule has 1 fully saturated rings. The number of nitrogens with one attached hydrogen (secondary N) is 3. The first-order valence-corrected chi connectivity index (χ1v) is 7.19. The van der Waals surface area contributed by atoms with Crippen molar-refractivity contribution in [1.29, 1.82) is 0 Å². The summed E-state index contributed by atoms with van der Waals surface area (Å²) in [5, 5.41) is 9.05. The normalized spacial score (nSPS) is 13.4. The van der Waals surface area contributed by atoms with Crippen LogP contribution in [0.25, 0.3) is 0 Å². The summed E-state index contributed by atoms with van der Waals surface area (Å²) in [5.41, 5.74) is 2.90. The number of carbonyl (C=O) groups excluding carboxylic acids is 2. The van der Waals surface area contributed by atoms with Crippen molar-refractivity contribution in [3.63, 3.8) is 0 Å². The zero-order valence-corrected chi connectivity index (χ0v) is 12.8. The molecule has 21 heavy (non-hydrogen) atoms. The van der Waals surface area contributed by atoms with Crippen molar-refractivity contribution in [2.24, 2.45) is 0 Å². The number of halogens is 1. The first-order valence-electron chi connectivity index (χ1n) is 6.81. The van der Waals surface area contributed by atoms with Gasteiger partial charge in [0.25, 0.3) is 5.91 Å². The molecule has 1 aromatic rings. The first kappa shape index (κ1) is 15.5. The van der Waals surface area contributed by atoms with Crippen LogP contribution in [0.2, 0.25) is 5.02 Å². The highest BCUT2D eigenvalue weighted by Gasteiger charge is 2.17. The number of rotatable bonds is 4. The zero-order valence-electron chi connectivity index (χ0n) is 12.0. The number of anilines is 2. The molecule has 2 amide bonds. The van der Waals surface area contributed by atoms with Gasteiger partial charge >= 0.3 is 0 Å². The van der Waals surface area contributed by atoms with E-state index in [-0.39, 0.29) is 11.8 Å². The highest BCUT2D eigenvalue weighted by atomic mass is 35.5. The SMILES string of the molecule is CCC(=O)Nc1ccc(Cl)c(NC(=O)C(C)=C2CNC2)c1. The van der Waals surface area contributed by atoms with Gasteiger partial charge in [-0.3, -0.25) is 9.59 Å². The minimum Gasteiger partial charge on any atom is -0.326 e. The lowest BCUT2D eigenvalue weighted by atomic mass is 10.0. The third kappa shape index (κ3) is 3.83. The molecule has 5 nitrogen and oxygen atoms in total. The predicted molar refractivity (Wildman–Crippen MR) is 84.6 cm³/mol. The number of hydrogen-bond donors (Lipinski definition) is 3. The van der Waals surface area contributed by atoms with Crippen molar-refractivity contribution in [2.75, 3.05) is 23.7 Å². The van der Waals surface area contributed by atoms with Crippen LogP contribution in [0.1, 0.15) is 20.3 Å². The lowest BCUT2D eigenvalue weighted by molar-refractivity contribution is -0.116. The van der Waals surface area contributed by atoms with Gasteiger partial charge in [-0.25, -0.2) is 0 Å². The summed E-state index contributed by atoms with van der Waals surface area (Å²) in [7, 11) is 0. The first-order chi connectivity index (χ1) is 10.0. The number of carbonyl (C=O) groups is 2. The maximum Gasteiger partial charge on any atom is 0.251 e. The van der Waals surface area contributed by atoms with E-state index in [4.69, 9.17) is 11.6 Å². The molecule has 1 saturated heterocycles. The van der Waals surface area contributed by atoms with E-state index in [0.717, 1.165) is 18.7 Å². The van der Waals surface area contributed by atoms with Gasteiger partial charge in [-0.2, -0.15) is 0 Å². The second-order valence-corrected chi connectivity index (χ2v) is 5.29. The molecule has 1 aliphatic rings. The van der Waals surface area contributed by atoms with Crippen LogP contribution in [0, 0.1) is 0 Å². The van der Waals surface area contributed by atoms with E-state index in [1.807, 2.05) is 0 Å². The Bertz CT molecular complexity index is 605. The Kier molecular flexibility index (Phi) is 4.98. The minimum atomic E-state index is -0.174. The van der Waals surface area contributed by atoms with Gasteiger partial charge in [-0.1, -0.05) is 18.5 Å². The summed E-state index contributed by atoms with van der Waals surface area (Å²) in [6, 6.07) is 5.01. The van der Waals surface area contributed by atoms with E-state index in [2.05, 4.69) is 16.0 Å². The summed E-state index contributed by atoms with van der Waals surface area (Å²) in [6.07, 6.45) is 0.391. The van der Waals surface area contributed by atoms with Gasteiger partial charge in [0.15, 0.2) is 0 Å². The summed E-state index contributed by atoms with van der Waals surface area (Å²) >= 11 is 6.09.